The second-order valence-corrected chi connectivity index (χ2v) is 6.27. The molecule has 0 amide bonds. The Morgan fingerprint density at radius 2 is 1.94 bits per heavy atom. The number of likely N-dealkylation sites (tertiary alicyclic amines) is 1. The minimum absolute atomic E-state index is 0.771. The molecule has 3 atom stereocenters. The zero-order valence-electron chi connectivity index (χ0n) is 11.8. The summed E-state index contributed by atoms with van der Waals surface area (Å²) < 4.78 is 0. The highest BCUT2D eigenvalue weighted by atomic mass is 15.2. The molecular formula is C15H30N2. The van der Waals surface area contributed by atoms with E-state index in [1.807, 2.05) is 0 Å². The molecule has 100 valence electrons. The molecule has 1 aliphatic carbocycles. The molecule has 0 aromatic heterocycles. The van der Waals surface area contributed by atoms with Gasteiger partial charge in [0.25, 0.3) is 0 Å². The third-order valence-electron chi connectivity index (χ3n) is 4.65. The van der Waals surface area contributed by atoms with Crippen LogP contribution in [0.3, 0.4) is 0 Å². The molecule has 1 aliphatic heterocycles. The van der Waals surface area contributed by atoms with Gasteiger partial charge in [0.2, 0.25) is 0 Å². The van der Waals surface area contributed by atoms with Crippen LogP contribution in [0, 0.1) is 5.92 Å². The normalized spacial score (nSPS) is 36.0. The van der Waals surface area contributed by atoms with Crippen molar-refractivity contribution in [3.8, 4) is 0 Å². The van der Waals surface area contributed by atoms with Gasteiger partial charge >= 0.3 is 0 Å². The molecule has 17 heavy (non-hydrogen) atoms. The van der Waals surface area contributed by atoms with Crippen molar-refractivity contribution >= 4 is 0 Å². The van der Waals surface area contributed by atoms with Gasteiger partial charge in [0, 0.05) is 18.6 Å². The molecule has 2 heteroatoms. The van der Waals surface area contributed by atoms with E-state index in [1.165, 1.54) is 64.5 Å². The second-order valence-electron chi connectivity index (χ2n) is 6.27. The van der Waals surface area contributed by atoms with Crippen molar-refractivity contribution in [1.29, 1.82) is 0 Å². The molecule has 2 fully saturated rings. The predicted molar refractivity (Wildman–Crippen MR) is 74.3 cm³/mol. The Kier molecular flexibility index (Phi) is 5.30. The maximum absolute atomic E-state index is 3.91. The van der Waals surface area contributed by atoms with E-state index < -0.39 is 0 Å². The molecule has 3 unspecified atom stereocenters. The SMILES string of the molecule is CCCC1CCCC(NC2CCN(C)C2)CC1. The average Bonchev–Trinajstić information content (AvgIpc) is 2.58. The summed E-state index contributed by atoms with van der Waals surface area (Å²) in [5.74, 6) is 1.03. The highest BCUT2D eigenvalue weighted by Gasteiger charge is 2.24. The number of nitrogens with one attached hydrogen (secondary N) is 1. The van der Waals surface area contributed by atoms with E-state index in [2.05, 4.69) is 24.2 Å². The summed E-state index contributed by atoms with van der Waals surface area (Å²) >= 11 is 0. The van der Waals surface area contributed by atoms with Crippen LogP contribution < -0.4 is 5.32 Å². The average molecular weight is 238 g/mol. The van der Waals surface area contributed by atoms with E-state index in [9.17, 15) is 0 Å². The molecule has 1 N–H and O–H groups in total. The van der Waals surface area contributed by atoms with Crippen LogP contribution in [-0.4, -0.2) is 37.1 Å². The van der Waals surface area contributed by atoms with Gasteiger partial charge in [0.1, 0.15) is 0 Å². The first-order valence-corrected chi connectivity index (χ1v) is 7.72. The van der Waals surface area contributed by atoms with Crippen LogP contribution in [0.25, 0.3) is 0 Å². The van der Waals surface area contributed by atoms with Crippen LogP contribution >= 0.6 is 0 Å². The van der Waals surface area contributed by atoms with Crippen LogP contribution in [0.4, 0.5) is 0 Å². The van der Waals surface area contributed by atoms with Crippen molar-refractivity contribution in [3.05, 3.63) is 0 Å². The zero-order chi connectivity index (χ0) is 12.1. The molecule has 2 aliphatic rings. The Labute approximate surface area is 107 Å². The summed E-state index contributed by atoms with van der Waals surface area (Å²) in [5, 5.41) is 3.91. The van der Waals surface area contributed by atoms with E-state index in [4.69, 9.17) is 0 Å². The fourth-order valence-electron chi connectivity index (χ4n) is 3.65. The Hall–Kier alpha value is -0.0800. The molecule has 0 aromatic carbocycles. The van der Waals surface area contributed by atoms with E-state index >= 15 is 0 Å². The van der Waals surface area contributed by atoms with Gasteiger partial charge in [0.15, 0.2) is 0 Å². The summed E-state index contributed by atoms with van der Waals surface area (Å²) in [6, 6.07) is 1.58. The lowest BCUT2D eigenvalue weighted by Crippen LogP contribution is -2.39. The monoisotopic (exact) mass is 238 g/mol. The summed E-state index contributed by atoms with van der Waals surface area (Å²) in [7, 11) is 2.24. The van der Waals surface area contributed by atoms with Gasteiger partial charge < -0.3 is 10.2 Å². The van der Waals surface area contributed by atoms with Crippen molar-refractivity contribution in [2.75, 3.05) is 20.1 Å². The topological polar surface area (TPSA) is 15.3 Å². The van der Waals surface area contributed by atoms with Crippen molar-refractivity contribution < 1.29 is 0 Å². The van der Waals surface area contributed by atoms with Crippen LogP contribution in [0.2, 0.25) is 0 Å². The van der Waals surface area contributed by atoms with E-state index in [0.29, 0.717) is 0 Å². The first-order chi connectivity index (χ1) is 8.28. The van der Waals surface area contributed by atoms with Crippen molar-refractivity contribution in [3.63, 3.8) is 0 Å². The lowest BCUT2D eigenvalue weighted by Gasteiger charge is -2.21. The molecule has 1 saturated carbocycles. The number of hydrogen-bond acceptors (Lipinski definition) is 2. The third-order valence-corrected chi connectivity index (χ3v) is 4.65. The minimum atomic E-state index is 0.771. The maximum atomic E-state index is 3.91. The highest BCUT2D eigenvalue weighted by Crippen LogP contribution is 2.27. The summed E-state index contributed by atoms with van der Waals surface area (Å²) in [5.41, 5.74) is 0. The van der Waals surface area contributed by atoms with E-state index in [1.54, 1.807) is 0 Å². The van der Waals surface area contributed by atoms with Crippen LogP contribution in [-0.2, 0) is 0 Å². The van der Waals surface area contributed by atoms with Crippen molar-refractivity contribution in [1.82, 2.24) is 10.2 Å². The molecule has 0 aromatic rings. The molecule has 2 rings (SSSR count). The minimum Gasteiger partial charge on any atom is -0.310 e. The lowest BCUT2D eigenvalue weighted by molar-refractivity contribution is 0.360. The Balaban J connectivity index is 1.71. The first kappa shape index (κ1) is 13.4. The third kappa shape index (κ3) is 4.26. The van der Waals surface area contributed by atoms with Gasteiger partial charge in [-0.15, -0.1) is 0 Å². The largest absolute Gasteiger partial charge is 0.310 e. The van der Waals surface area contributed by atoms with Gasteiger partial charge in [0.05, 0.1) is 0 Å². The summed E-state index contributed by atoms with van der Waals surface area (Å²) in [6.45, 7) is 4.87. The predicted octanol–water partition coefficient (Wildman–Crippen LogP) is 3.03. The van der Waals surface area contributed by atoms with E-state index in [0.717, 1.165) is 18.0 Å². The van der Waals surface area contributed by atoms with Gasteiger partial charge in [-0.2, -0.15) is 0 Å². The van der Waals surface area contributed by atoms with Crippen LogP contribution in [0.15, 0.2) is 0 Å². The zero-order valence-corrected chi connectivity index (χ0v) is 11.8. The molecule has 1 saturated heterocycles. The van der Waals surface area contributed by atoms with Crippen molar-refractivity contribution in [2.45, 2.75) is 70.4 Å². The van der Waals surface area contributed by atoms with Gasteiger partial charge in [-0.1, -0.05) is 32.6 Å². The molecule has 2 nitrogen and oxygen atoms in total. The Morgan fingerprint density at radius 1 is 1.06 bits per heavy atom. The highest BCUT2D eigenvalue weighted by molar-refractivity contribution is 4.84. The fourth-order valence-corrected chi connectivity index (χ4v) is 3.65. The maximum Gasteiger partial charge on any atom is 0.0209 e. The quantitative estimate of drug-likeness (QED) is 0.757. The number of rotatable bonds is 4. The van der Waals surface area contributed by atoms with Gasteiger partial charge in [-0.3, -0.25) is 0 Å². The summed E-state index contributed by atoms with van der Waals surface area (Å²) in [6.07, 6.45) is 11.4. The molecule has 0 spiro atoms. The molecule has 0 radical (unpaired) electrons. The van der Waals surface area contributed by atoms with E-state index in [-0.39, 0.29) is 0 Å². The Bertz CT molecular complexity index is 217. The standard InChI is InChI=1S/C15H30N2/c1-3-5-13-6-4-7-14(9-8-13)16-15-10-11-17(2)12-15/h13-16H,3-12H2,1-2H3. The van der Waals surface area contributed by atoms with Gasteiger partial charge in [-0.05, 0) is 45.2 Å². The van der Waals surface area contributed by atoms with Gasteiger partial charge in [-0.25, -0.2) is 0 Å². The number of likely N-dealkylation sites (N-methyl/N-ethyl adjacent to an activating group) is 1. The smallest absolute Gasteiger partial charge is 0.0209 e. The van der Waals surface area contributed by atoms with Crippen LogP contribution in [0.1, 0.15) is 58.3 Å². The summed E-state index contributed by atoms with van der Waals surface area (Å²) in [4.78, 5) is 2.45. The number of nitrogens with zero attached hydrogens (tertiary/aromatic N) is 1. The fraction of sp³-hybridized carbons (Fsp3) is 1.00. The molecule has 0 bridgehead atoms. The van der Waals surface area contributed by atoms with Crippen LogP contribution in [0.5, 0.6) is 0 Å². The lowest BCUT2D eigenvalue weighted by atomic mass is 9.95. The molecule has 1 heterocycles. The van der Waals surface area contributed by atoms with Crippen molar-refractivity contribution in [2.24, 2.45) is 5.92 Å². The Morgan fingerprint density at radius 3 is 2.65 bits per heavy atom. The number of hydrogen-bond donors (Lipinski definition) is 1. The first-order valence-electron chi connectivity index (χ1n) is 7.72. The second kappa shape index (κ2) is 6.75. The molecular weight excluding hydrogens is 208 g/mol.